The van der Waals surface area contributed by atoms with Gasteiger partial charge >= 0.3 is 0 Å². The van der Waals surface area contributed by atoms with Gasteiger partial charge in [0, 0.05) is 22.5 Å². The van der Waals surface area contributed by atoms with Crippen LogP contribution >= 0.6 is 0 Å². The van der Waals surface area contributed by atoms with Gasteiger partial charge in [-0.1, -0.05) is 12.1 Å². The molecular weight excluding hydrogens is 205 g/mol. The molecule has 0 aliphatic heterocycles. The monoisotopic (exact) mass is 217 g/mol. The first-order valence-corrected chi connectivity index (χ1v) is 5.04. The molecule has 0 unspecified atom stereocenters. The summed E-state index contributed by atoms with van der Waals surface area (Å²) in [6, 6.07) is 8.04. The zero-order valence-corrected chi connectivity index (χ0v) is 9.17. The molecular formula is C13H12FNO. The molecule has 1 aromatic heterocycles. The molecule has 0 aliphatic rings. The molecule has 1 heterocycles. The maximum Gasteiger partial charge on any atom is 0.161 e. The molecule has 0 radical (unpaired) electrons. The summed E-state index contributed by atoms with van der Waals surface area (Å²) < 4.78 is 13.0. The minimum Gasteiger partial charge on any atom is -0.358 e. The van der Waals surface area contributed by atoms with E-state index in [2.05, 4.69) is 4.98 Å². The summed E-state index contributed by atoms with van der Waals surface area (Å²) in [7, 11) is 0. The lowest BCUT2D eigenvalue weighted by Crippen LogP contribution is -1.90. The van der Waals surface area contributed by atoms with Crippen LogP contribution < -0.4 is 0 Å². The Balaban J connectivity index is 2.49. The van der Waals surface area contributed by atoms with E-state index >= 15 is 0 Å². The summed E-state index contributed by atoms with van der Waals surface area (Å²) in [6.07, 6.45) is 0. The summed E-state index contributed by atoms with van der Waals surface area (Å²) in [5, 5.41) is 0. The summed E-state index contributed by atoms with van der Waals surface area (Å²) in [4.78, 5) is 14.4. The topological polar surface area (TPSA) is 32.9 Å². The van der Waals surface area contributed by atoms with Gasteiger partial charge in [-0.25, -0.2) is 4.39 Å². The van der Waals surface area contributed by atoms with Gasteiger partial charge in [0.15, 0.2) is 5.78 Å². The molecule has 1 N–H and O–H groups in total. The van der Waals surface area contributed by atoms with Gasteiger partial charge in [-0.05, 0) is 32.0 Å². The lowest BCUT2D eigenvalue weighted by molar-refractivity contribution is 0.101. The number of carbonyl (C=O) groups excluding carboxylic acids is 1. The Bertz CT molecular complexity index is 543. The molecule has 0 atom stereocenters. The van der Waals surface area contributed by atoms with Gasteiger partial charge in [0.2, 0.25) is 0 Å². The lowest BCUT2D eigenvalue weighted by Gasteiger charge is -1.97. The van der Waals surface area contributed by atoms with Crippen molar-refractivity contribution in [3.8, 4) is 11.3 Å². The highest BCUT2D eigenvalue weighted by Gasteiger charge is 2.09. The molecule has 0 fully saturated rings. The molecule has 0 saturated heterocycles. The summed E-state index contributed by atoms with van der Waals surface area (Å²) >= 11 is 0. The number of hydrogen-bond donors (Lipinski definition) is 1. The number of Topliss-reactive ketones (excluding diaryl/α,β-unsaturated/α-hetero) is 1. The second-order valence-electron chi connectivity index (χ2n) is 3.79. The number of halogens is 1. The van der Waals surface area contributed by atoms with Crippen LogP contribution in [0.15, 0.2) is 30.3 Å². The van der Waals surface area contributed by atoms with Gasteiger partial charge in [-0.15, -0.1) is 0 Å². The van der Waals surface area contributed by atoms with Crippen molar-refractivity contribution >= 4 is 5.78 Å². The fourth-order valence-electron chi connectivity index (χ4n) is 1.74. The number of aromatic amines is 1. The Hall–Kier alpha value is -1.90. The zero-order chi connectivity index (χ0) is 11.7. The first kappa shape index (κ1) is 10.6. The number of hydrogen-bond acceptors (Lipinski definition) is 1. The first-order valence-electron chi connectivity index (χ1n) is 5.04. The lowest BCUT2D eigenvalue weighted by atomic mass is 10.1. The number of carbonyl (C=O) groups is 1. The molecule has 0 saturated carbocycles. The predicted molar refractivity (Wildman–Crippen MR) is 60.9 cm³/mol. The number of benzene rings is 1. The van der Waals surface area contributed by atoms with E-state index < -0.39 is 0 Å². The van der Waals surface area contributed by atoms with Crippen LogP contribution in [0.4, 0.5) is 4.39 Å². The number of rotatable bonds is 2. The summed E-state index contributed by atoms with van der Waals surface area (Å²) in [5.74, 6) is -0.273. The number of aromatic nitrogens is 1. The molecule has 0 bridgehead atoms. The van der Waals surface area contributed by atoms with Crippen LogP contribution in [-0.2, 0) is 0 Å². The van der Waals surface area contributed by atoms with Gasteiger partial charge in [0.25, 0.3) is 0 Å². The second kappa shape index (κ2) is 3.93. The minimum absolute atomic E-state index is 0.0106. The molecule has 16 heavy (non-hydrogen) atoms. The number of aryl methyl sites for hydroxylation is 1. The Labute approximate surface area is 93.1 Å². The molecule has 0 aliphatic carbocycles. The van der Waals surface area contributed by atoms with Crippen molar-refractivity contribution in [1.29, 1.82) is 0 Å². The van der Waals surface area contributed by atoms with Crippen LogP contribution in [0.25, 0.3) is 11.3 Å². The highest BCUT2D eigenvalue weighted by Crippen LogP contribution is 2.22. The van der Waals surface area contributed by atoms with E-state index in [-0.39, 0.29) is 11.6 Å². The average molecular weight is 217 g/mol. The highest BCUT2D eigenvalue weighted by molar-refractivity contribution is 5.96. The maximum atomic E-state index is 13.0. The van der Waals surface area contributed by atoms with Crippen LogP contribution in [-0.4, -0.2) is 10.8 Å². The van der Waals surface area contributed by atoms with Crippen molar-refractivity contribution < 1.29 is 9.18 Å². The van der Waals surface area contributed by atoms with E-state index in [4.69, 9.17) is 0 Å². The standard InChI is InChI=1S/C13H12FNO/c1-8-12(9(2)16)7-13(15-8)10-4-3-5-11(14)6-10/h3-7,15H,1-2H3. The van der Waals surface area contributed by atoms with Crippen molar-refractivity contribution in [3.63, 3.8) is 0 Å². The Kier molecular flexibility index (Phi) is 2.60. The Morgan fingerprint density at radius 2 is 2.06 bits per heavy atom. The van der Waals surface area contributed by atoms with Crippen molar-refractivity contribution in [2.45, 2.75) is 13.8 Å². The highest BCUT2D eigenvalue weighted by atomic mass is 19.1. The minimum atomic E-state index is -0.283. The second-order valence-corrected chi connectivity index (χ2v) is 3.79. The van der Waals surface area contributed by atoms with E-state index in [1.54, 1.807) is 18.2 Å². The molecule has 0 spiro atoms. The van der Waals surface area contributed by atoms with Crippen molar-refractivity contribution in [2.24, 2.45) is 0 Å². The van der Waals surface area contributed by atoms with Crippen LogP contribution in [0.2, 0.25) is 0 Å². The largest absolute Gasteiger partial charge is 0.358 e. The quantitative estimate of drug-likeness (QED) is 0.769. The van der Waals surface area contributed by atoms with Crippen molar-refractivity contribution in [1.82, 2.24) is 4.98 Å². The predicted octanol–water partition coefficient (Wildman–Crippen LogP) is 3.33. The van der Waals surface area contributed by atoms with Gasteiger partial charge in [0.05, 0.1) is 0 Å². The Morgan fingerprint density at radius 3 is 2.62 bits per heavy atom. The number of H-pyrrole nitrogens is 1. The third kappa shape index (κ3) is 1.89. The molecule has 3 heteroatoms. The fraction of sp³-hybridized carbons (Fsp3) is 0.154. The van der Waals surface area contributed by atoms with E-state index in [1.807, 2.05) is 6.92 Å². The number of ketones is 1. The third-order valence-electron chi connectivity index (χ3n) is 2.53. The molecule has 1 aromatic carbocycles. The van der Waals surface area contributed by atoms with Gasteiger partial charge < -0.3 is 4.98 Å². The normalized spacial score (nSPS) is 10.4. The van der Waals surface area contributed by atoms with E-state index in [0.29, 0.717) is 5.56 Å². The fourth-order valence-corrected chi connectivity index (χ4v) is 1.74. The van der Waals surface area contributed by atoms with Crippen molar-refractivity contribution in [3.05, 3.63) is 47.4 Å². The smallest absolute Gasteiger partial charge is 0.161 e. The average Bonchev–Trinajstić information content (AvgIpc) is 2.60. The van der Waals surface area contributed by atoms with Gasteiger partial charge in [0.1, 0.15) is 5.82 Å². The summed E-state index contributed by atoms with van der Waals surface area (Å²) in [6.45, 7) is 3.35. The third-order valence-corrected chi connectivity index (χ3v) is 2.53. The summed E-state index contributed by atoms with van der Waals surface area (Å²) in [5.41, 5.74) is 2.98. The van der Waals surface area contributed by atoms with E-state index in [9.17, 15) is 9.18 Å². The molecule has 2 nitrogen and oxygen atoms in total. The molecule has 82 valence electrons. The van der Waals surface area contributed by atoms with Crippen LogP contribution in [0.3, 0.4) is 0 Å². The molecule has 2 rings (SSSR count). The number of nitrogens with one attached hydrogen (secondary N) is 1. The molecule has 2 aromatic rings. The SMILES string of the molecule is CC(=O)c1cc(-c2cccc(F)c2)[nH]c1C. The van der Waals surface area contributed by atoms with Crippen LogP contribution in [0, 0.1) is 12.7 Å². The maximum absolute atomic E-state index is 13.0. The van der Waals surface area contributed by atoms with Crippen LogP contribution in [0.5, 0.6) is 0 Å². The first-order chi connectivity index (χ1) is 7.58. The Morgan fingerprint density at radius 1 is 1.31 bits per heavy atom. The van der Waals surface area contributed by atoms with E-state index in [0.717, 1.165) is 17.0 Å². The molecule has 0 amide bonds. The zero-order valence-electron chi connectivity index (χ0n) is 9.17. The van der Waals surface area contributed by atoms with E-state index in [1.165, 1.54) is 19.1 Å². The van der Waals surface area contributed by atoms with Gasteiger partial charge in [-0.2, -0.15) is 0 Å². The van der Waals surface area contributed by atoms with Crippen LogP contribution in [0.1, 0.15) is 23.0 Å². The van der Waals surface area contributed by atoms with Crippen molar-refractivity contribution in [2.75, 3.05) is 0 Å². The van der Waals surface area contributed by atoms with Gasteiger partial charge in [-0.3, -0.25) is 4.79 Å².